The number of carbonyl (C=O) groups is 3. The van der Waals surface area contributed by atoms with Gasteiger partial charge in [0, 0.05) is 41.9 Å². The number of Topliss-reactive ketones (excluding diaryl/α,β-unsaturated/α-hetero) is 1. The predicted octanol–water partition coefficient (Wildman–Crippen LogP) is 5.17. The van der Waals surface area contributed by atoms with Gasteiger partial charge >= 0.3 is 11.9 Å². The maximum absolute atomic E-state index is 14.5. The highest BCUT2D eigenvalue weighted by Gasteiger charge is 2.57. The number of benzene rings is 1. The summed E-state index contributed by atoms with van der Waals surface area (Å²) in [6, 6.07) is 9.66. The van der Waals surface area contributed by atoms with Crippen molar-refractivity contribution in [3.8, 4) is 0 Å². The van der Waals surface area contributed by atoms with Crippen LogP contribution in [0.3, 0.4) is 0 Å². The summed E-state index contributed by atoms with van der Waals surface area (Å²) in [7, 11) is 3.85. The molecule has 0 spiro atoms. The van der Waals surface area contributed by atoms with Crippen LogP contribution in [0.5, 0.6) is 0 Å². The Labute approximate surface area is 321 Å². The number of cyclic esters (lactones) is 1. The lowest BCUT2D eigenvalue weighted by Crippen LogP contribution is -2.60. The Hall–Kier alpha value is -2.87. The third-order valence-electron chi connectivity index (χ3n) is 12.5. The number of nitrogens with zero attached hydrogens (tertiary/aromatic N) is 1. The summed E-state index contributed by atoms with van der Waals surface area (Å²) in [5.74, 6) is -3.86. The standard InChI is InChI=1S/C42H64N2O10/c1-11-33-42(8)31(20-34(45)54-42)26(4)35(46)24(2)21-41(7)38(53-40-36(47)32(44(9)10)19-25(3)51-40)27(5)37(28(6)39(48)52-33)49-22-29(23-50-41)17-18-43-30-15-13-12-14-16-30/h12-17,24-28,31-33,36-38,40,43,47H,11,18-23H2,1-10H3/t24-,25-,26-,27-,28-,31+,32+,33-,36-,37+,38-,40+,41-,42+/m1/s1. The minimum Gasteiger partial charge on any atom is -0.458 e. The summed E-state index contributed by atoms with van der Waals surface area (Å²) in [6.07, 6.45) is -1.16. The van der Waals surface area contributed by atoms with E-state index >= 15 is 0 Å². The van der Waals surface area contributed by atoms with Crippen molar-refractivity contribution in [3.63, 3.8) is 0 Å². The van der Waals surface area contributed by atoms with E-state index in [0.717, 1.165) is 11.3 Å². The minimum absolute atomic E-state index is 0.0434. The summed E-state index contributed by atoms with van der Waals surface area (Å²) in [5.41, 5.74) is -0.486. The second kappa shape index (κ2) is 17.5. The Kier molecular flexibility index (Phi) is 13.7. The van der Waals surface area contributed by atoms with E-state index in [4.69, 9.17) is 28.4 Å². The molecule has 4 aliphatic heterocycles. The number of esters is 2. The average molecular weight is 757 g/mol. The van der Waals surface area contributed by atoms with E-state index in [9.17, 15) is 19.5 Å². The van der Waals surface area contributed by atoms with E-state index in [1.165, 1.54) is 0 Å². The topological polar surface area (TPSA) is 142 Å². The third-order valence-corrected chi connectivity index (χ3v) is 12.5. The van der Waals surface area contributed by atoms with Gasteiger partial charge in [0.1, 0.15) is 23.6 Å². The quantitative estimate of drug-likeness (QED) is 0.280. The molecule has 12 nitrogen and oxygen atoms in total. The molecule has 4 saturated heterocycles. The lowest BCUT2D eigenvalue weighted by molar-refractivity contribution is -0.302. The number of ether oxygens (including phenoxy) is 6. The number of fused-ring (bicyclic) bond motifs is 4. The van der Waals surface area contributed by atoms with Gasteiger partial charge in [-0.15, -0.1) is 0 Å². The van der Waals surface area contributed by atoms with Crippen molar-refractivity contribution < 1.29 is 47.9 Å². The smallest absolute Gasteiger partial charge is 0.311 e. The zero-order valence-corrected chi connectivity index (χ0v) is 33.9. The lowest BCUT2D eigenvalue weighted by atomic mass is 9.70. The number of para-hydroxylation sites is 1. The van der Waals surface area contributed by atoms with Crippen LogP contribution in [0.2, 0.25) is 0 Å². The van der Waals surface area contributed by atoms with Crippen molar-refractivity contribution in [1.29, 1.82) is 0 Å². The summed E-state index contributed by atoms with van der Waals surface area (Å²) in [4.78, 5) is 43.7. The molecule has 1 aromatic carbocycles. The van der Waals surface area contributed by atoms with Crippen LogP contribution in [0.15, 0.2) is 42.0 Å². The van der Waals surface area contributed by atoms with Crippen LogP contribution in [0.4, 0.5) is 5.69 Å². The molecule has 0 amide bonds. The van der Waals surface area contributed by atoms with Gasteiger partial charge in [-0.2, -0.15) is 0 Å². The molecule has 4 aliphatic rings. The van der Waals surface area contributed by atoms with Gasteiger partial charge in [0.25, 0.3) is 0 Å². The molecule has 54 heavy (non-hydrogen) atoms. The normalized spacial score (nSPS) is 42.0. The van der Waals surface area contributed by atoms with Crippen LogP contribution in [-0.4, -0.2) is 116 Å². The molecular formula is C42H64N2O10. The van der Waals surface area contributed by atoms with E-state index < -0.39 is 83.4 Å². The molecule has 0 unspecified atom stereocenters. The summed E-state index contributed by atoms with van der Waals surface area (Å²) >= 11 is 0. The van der Waals surface area contributed by atoms with E-state index in [1.54, 1.807) is 13.8 Å². The van der Waals surface area contributed by atoms with Gasteiger partial charge in [-0.05, 0) is 78.8 Å². The number of hydrogen-bond donors (Lipinski definition) is 2. The van der Waals surface area contributed by atoms with E-state index in [0.29, 0.717) is 19.4 Å². The zero-order valence-electron chi connectivity index (χ0n) is 33.9. The van der Waals surface area contributed by atoms with Gasteiger partial charge in [0.15, 0.2) is 6.29 Å². The summed E-state index contributed by atoms with van der Waals surface area (Å²) in [6.45, 7) is 15.9. The molecular weight excluding hydrogens is 692 g/mol. The monoisotopic (exact) mass is 756 g/mol. The highest BCUT2D eigenvalue weighted by molar-refractivity contribution is 5.85. The van der Waals surface area contributed by atoms with Crippen LogP contribution >= 0.6 is 0 Å². The number of hydrogen-bond acceptors (Lipinski definition) is 12. The zero-order chi connectivity index (χ0) is 39.5. The number of ketones is 1. The molecule has 4 heterocycles. The Bertz CT molecular complexity index is 1490. The first-order valence-corrected chi connectivity index (χ1v) is 19.8. The average Bonchev–Trinajstić information content (AvgIpc) is 3.46. The molecule has 0 radical (unpaired) electrons. The second-order valence-corrected chi connectivity index (χ2v) is 16.9. The Morgan fingerprint density at radius 2 is 1.72 bits per heavy atom. The molecule has 5 rings (SSSR count). The van der Waals surface area contributed by atoms with Crippen molar-refractivity contribution in [2.24, 2.45) is 29.6 Å². The number of nitrogens with one attached hydrogen (secondary N) is 1. The Morgan fingerprint density at radius 3 is 2.39 bits per heavy atom. The van der Waals surface area contributed by atoms with Crippen molar-refractivity contribution in [3.05, 3.63) is 42.0 Å². The molecule has 0 aromatic heterocycles. The van der Waals surface area contributed by atoms with Crippen molar-refractivity contribution in [2.45, 2.75) is 135 Å². The number of rotatable bonds is 7. The minimum atomic E-state index is -1.18. The molecule has 2 bridgehead atoms. The van der Waals surface area contributed by atoms with Gasteiger partial charge < -0.3 is 43.7 Å². The number of carbonyl (C=O) groups excluding carboxylic acids is 3. The van der Waals surface area contributed by atoms with Gasteiger partial charge in [-0.3, -0.25) is 14.4 Å². The second-order valence-electron chi connectivity index (χ2n) is 16.9. The van der Waals surface area contributed by atoms with Crippen LogP contribution in [0.25, 0.3) is 0 Å². The number of anilines is 1. The Balaban J connectivity index is 1.60. The van der Waals surface area contributed by atoms with Gasteiger partial charge in [0.2, 0.25) is 0 Å². The van der Waals surface area contributed by atoms with Crippen LogP contribution in [-0.2, 0) is 42.8 Å². The first-order valence-electron chi connectivity index (χ1n) is 19.8. The fourth-order valence-corrected chi connectivity index (χ4v) is 9.36. The van der Waals surface area contributed by atoms with Crippen LogP contribution in [0.1, 0.15) is 81.1 Å². The van der Waals surface area contributed by atoms with Crippen LogP contribution < -0.4 is 5.32 Å². The van der Waals surface area contributed by atoms with Gasteiger partial charge in [-0.25, -0.2) is 0 Å². The van der Waals surface area contributed by atoms with E-state index in [1.807, 2.05) is 96.9 Å². The van der Waals surface area contributed by atoms with Crippen LogP contribution in [0, 0.1) is 29.6 Å². The largest absolute Gasteiger partial charge is 0.458 e. The SMILES string of the molecule is CC[C@H]1OC(=O)[C@H](C)[C@H]2OCC(=CCNc3ccccc3)CO[C@](C)(C[C@@H](C)C(=O)[C@H](C)[C@@H]3CC(=O)O[C@]13C)[C@H](O[C@@H]1O[C@H](C)C[C@H](N(C)C)[C@H]1O)[C@@H]2C. The van der Waals surface area contributed by atoms with Gasteiger partial charge in [-0.1, -0.05) is 52.0 Å². The Morgan fingerprint density at radius 1 is 1.02 bits per heavy atom. The molecule has 14 atom stereocenters. The first kappa shape index (κ1) is 42.3. The van der Waals surface area contributed by atoms with E-state index in [2.05, 4.69) is 5.32 Å². The fourth-order valence-electron chi connectivity index (χ4n) is 9.36. The molecule has 0 aliphatic carbocycles. The van der Waals surface area contributed by atoms with Crippen molar-refractivity contribution in [1.82, 2.24) is 4.90 Å². The first-order chi connectivity index (χ1) is 25.5. The molecule has 1 aromatic rings. The molecule has 2 N–H and O–H groups in total. The van der Waals surface area contributed by atoms with E-state index in [-0.39, 0.29) is 44.0 Å². The maximum atomic E-state index is 14.5. The van der Waals surface area contributed by atoms with Crippen molar-refractivity contribution >= 4 is 23.4 Å². The van der Waals surface area contributed by atoms with Crippen molar-refractivity contribution in [2.75, 3.05) is 39.2 Å². The summed E-state index contributed by atoms with van der Waals surface area (Å²) < 4.78 is 39.2. The number of likely N-dealkylation sites (N-methyl/N-ethyl adjacent to an activating group) is 1. The number of aliphatic hydroxyl groups is 1. The molecule has 4 fully saturated rings. The molecule has 12 heteroatoms. The van der Waals surface area contributed by atoms with Gasteiger partial charge in [0.05, 0.1) is 49.5 Å². The predicted molar refractivity (Wildman–Crippen MR) is 203 cm³/mol. The number of aliphatic hydroxyl groups excluding tert-OH is 1. The maximum Gasteiger partial charge on any atom is 0.311 e. The molecule has 0 saturated carbocycles. The lowest BCUT2D eigenvalue weighted by Gasteiger charge is -2.48. The molecule has 302 valence electrons. The summed E-state index contributed by atoms with van der Waals surface area (Å²) in [5, 5.41) is 15.1. The third kappa shape index (κ3) is 9.05. The highest BCUT2D eigenvalue weighted by Crippen LogP contribution is 2.46. The highest BCUT2D eigenvalue weighted by atomic mass is 16.7. The fraction of sp³-hybridized carbons (Fsp3) is 0.738.